The minimum Gasteiger partial charge on any atom is -0.507 e. The average Bonchev–Trinajstić information content (AvgIpc) is 2.81. The van der Waals surface area contributed by atoms with Crippen LogP contribution in [0.5, 0.6) is 23.0 Å². The molecule has 0 bridgehead atoms. The summed E-state index contributed by atoms with van der Waals surface area (Å²) in [7, 11) is 1.19. The molecule has 0 fully saturated rings. The number of carboxylic acids is 1. The van der Waals surface area contributed by atoms with Crippen molar-refractivity contribution >= 4 is 23.3 Å². The van der Waals surface area contributed by atoms with Gasteiger partial charge in [-0.15, -0.1) is 0 Å². The fourth-order valence-electron chi connectivity index (χ4n) is 5.36. The third-order valence-corrected chi connectivity index (χ3v) is 6.75. The van der Waals surface area contributed by atoms with E-state index in [-0.39, 0.29) is 68.9 Å². The SMILES string of the molecule is COc1c2c(c(O)c3c1C(O)Cc1cc(CC(C)=O)c(C(=O)O)c(O)c1-3)C(=O)c1cccc(O)c1C2=O. The Hall–Kier alpha value is -4.70. The average molecular weight is 504 g/mol. The highest BCUT2D eigenvalue weighted by molar-refractivity contribution is 6.32. The molecule has 3 aromatic carbocycles. The first-order valence-corrected chi connectivity index (χ1v) is 11.2. The number of phenols is 3. The van der Waals surface area contributed by atoms with Crippen molar-refractivity contribution in [2.75, 3.05) is 7.11 Å². The van der Waals surface area contributed by atoms with Crippen LogP contribution in [0, 0.1) is 0 Å². The fourth-order valence-corrected chi connectivity index (χ4v) is 5.36. The number of ether oxygens (including phenoxy) is 1. The second-order valence-electron chi connectivity index (χ2n) is 8.98. The van der Waals surface area contributed by atoms with E-state index >= 15 is 0 Å². The third kappa shape index (κ3) is 3.22. The van der Waals surface area contributed by atoms with Crippen molar-refractivity contribution in [3.63, 3.8) is 0 Å². The van der Waals surface area contributed by atoms with Gasteiger partial charge < -0.3 is 30.3 Å². The number of aliphatic hydroxyl groups is 1. The maximum absolute atomic E-state index is 13.5. The summed E-state index contributed by atoms with van der Waals surface area (Å²) in [4.78, 5) is 50.7. The van der Waals surface area contributed by atoms with Crippen LogP contribution >= 0.6 is 0 Å². The molecule has 1 unspecified atom stereocenters. The Morgan fingerprint density at radius 3 is 2.30 bits per heavy atom. The van der Waals surface area contributed by atoms with Gasteiger partial charge in [0.25, 0.3) is 0 Å². The standard InChI is InChI=1S/C27H20O10/c1-9(28)6-10-7-11-8-14(30)18-19(15(11)23(32)16(10)27(35)36)25(34)20-21(26(18)37-2)24(33)17-12(22(20)31)4-3-5-13(17)29/h3-5,7,14,29-30,32,34H,6,8H2,1-2H3,(H,35,36). The quantitative estimate of drug-likeness (QED) is 0.277. The van der Waals surface area contributed by atoms with Gasteiger partial charge in [0.1, 0.15) is 34.3 Å². The maximum Gasteiger partial charge on any atom is 0.339 e. The molecule has 2 aliphatic rings. The number of aromatic hydroxyl groups is 3. The first-order valence-electron chi connectivity index (χ1n) is 11.2. The summed E-state index contributed by atoms with van der Waals surface area (Å²) < 4.78 is 5.45. The molecule has 10 nitrogen and oxygen atoms in total. The number of benzene rings is 3. The van der Waals surface area contributed by atoms with Crippen molar-refractivity contribution in [3.05, 3.63) is 68.8 Å². The van der Waals surface area contributed by atoms with Crippen LogP contribution in [-0.4, -0.2) is 56.0 Å². The molecule has 0 radical (unpaired) electrons. The molecule has 0 spiro atoms. The Labute approximate surface area is 209 Å². The number of fused-ring (bicyclic) bond motifs is 5. The van der Waals surface area contributed by atoms with E-state index in [0.29, 0.717) is 0 Å². The predicted octanol–water partition coefficient (Wildman–Crippen LogP) is 2.67. The van der Waals surface area contributed by atoms with Crippen LogP contribution < -0.4 is 4.74 Å². The lowest BCUT2D eigenvalue weighted by Gasteiger charge is -2.32. The van der Waals surface area contributed by atoms with Gasteiger partial charge in [-0.3, -0.25) is 14.4 Å². The van der Waals surface area contributed by atoms with Gasteiger partial charge in [-0.2, -0.15) is 0 Å². The van der Waals surface area contributed by atoms with Crippen LogP contribution in [0.2, 0.25) is 0 Å². The molecule has 0 amide bonds. The van der Waals surface area contributed by atoms with E-state index in [0.717, 1.165) is 0 Å². The molecular weight excluding hydrogens is 484 g/mol. The van der Waals surface area contributed by atoms with Crippen molar-refractivity contribution in [1.82, 2.24) is 0 Å². The van der Waals surface area contributed by atoms with E-state index in [1.807, 2.05) is 0 Å². The summed E-state index contributed by atoms with van der Waals surface area (Å²) in [5.41, 5.74) is -2.16. The summed E-state index contributed by atoms with van der Waals surface area (Å²) >= 11 is 0. The number of aliphatic hydroxyl groups excluding tert-OH is 1. The molecule has 2 aliphatic carbocycles. The van der Waals surface area contributed by atoms with E-state index in [2.05, 4.69) is 0 Å². The van der Waals surface area contributed by atoms with Crippen LogP contribution in [0.1, 0.15) is 71.9 Å². The zero-order chi connectivity index (χ0) is 26.9. The second kappa shape index (κ2) is 8.17. The first kappa shape index (κ1) is 24.0. The molecule has 1 atom stereocenters. The Kier molecular flexibility index (Phi) is 5.30. The van der Waals surface area contributed by atoms with Crippen molar-refractivity contribution in [2.24, 2.45) is 0 Å². The largest absolute Gasteiger partial charge is 0.507 e. The van der Waals surface area contributed by atoms with E-state index < -0.39 is 52.0 Å². The first-order chi connectivity index (χ1) is 17.5. The molecular formula is C27H20O10. The molecule has 5 rings (SSSR count). The number of hydrogen-bond donors (Lipinski definition) is 5. The van der Waals surface area contributed by atoms with Crippen molar-refractivity contribution in [1.29, 1.82) is 0 Å². The number of hydrogen-bond acceptors (Lipinski definition) is 9. The van der Waals surface area contributed by atoms with Gasteiger partial charge in [0.05, 0.1) is 29.9 Å². The van der Waals surface area contributed by atoms with Gasteiger partial charge in [-0.05, 0) is 24.1 Å². The Balaban J connectivity index is 1.92. The molecule has 5 N–H and O–H groups in total. The molecule has 0 heterocycles. The lowest BCUT2D eigenvalue weighted by Crippen LogP contribution is -2.25. The zero-order valence-corrected chi connectivity index (χ0v) is 19.6. The summed E-state index contributed by atoms with van der Waals surface area (Å²) in [5.74, 6) is -5.74. The Morgan fingerprint density at radius 1 is 0.973 bits per heavy atom. The second-order valence-corrected chi connectivity index (χ2v) is 8.98. The monoisotopic (exact) mass is 504 g/mol. The lowest BCUT2D eigenvalue weighted by atomic mass is 9.74. The van der Waals surface area contributed by atoms with Gasteiger partial charge in [-0.25, -0.2) is 4.79 Å². The normalized spacial score (nSPS) is 15.4. The minimum atomic E-state index is -1.52. The highest BCUT2D eigenvalue weighted by Crippen LogP contribution is 2.56. The van der Waals surface area contributed by atoms with Gasteiger partial charge in [0.2, 0.25) is 5.78 Å². The molecule has 0 saturated carbocycles. The van der Waals surface area contributed by atoms with Crippen molar-refractivity contribution < 1.29 is 49.4 Å². The molecule has 0 aliphatic heterocycles. The van der Waals surface area contributed by atoms with E-state index in [1.54, 1.807) is 0 Å². The smallest absolute Gasteiger partial charge is 0.339 e. The van der Waals surface area contributed by atoms with Crippen LogP contribution in [-0.2, 0) is 17.6 Å². The van der Waals surface area contributed by atoms with Gasteiger partial charge >= 0.3 is 5.97 Å². The summed E-state index contributed by atoms with van der Waals surface area (Å²) in [6, 6.07) is 5.25. The van der Waals surface area contributed by atoms with Crippen LogP contribution in [0.4, 0.5) is 0 Å². The fraction of sp³-hybridized carbons (Fsp3) is 0.185. The Morgan fingerprint density at radius 2 is 1.68 bits per heavy atom. The van der Waals surface area contributed by atoms with Crippen LogP contribution in [0.15, 0.2) is 24.3 Å². The molecule has 188 valence electrons. The zero-order valence-electron chi connectivity index (χ0n) is 19.6. The number of carboxylic acid groups (broad SMARTS) is 1. The number of phenolic OH excluding ortho intramolecular Hbond substituents is 2. The number of methoxy groups -OCH3 is 1. The Bertz CT molecular complexity index is 1600. The van der Waals surface area contributed by atoms with Crippen LogP contribution in [0.3, 0.4) is 0 Å². The third-order valence-electron chi connectivity index (χ3n) is 6.75. The van der Waals surface area contributed by atoms with Gasteiger partial charge in [0, 0.05) is 35.1 Å². The minimum absolute atomic E-state index is 0.0203. The molecule has 0 saturated heterocycles. The highest BCUT2D eigenvalue weighted by atomic mass is 16.5. The molecule has 3 aromatic rings. The van der Waals surface area contributed by atoms with Crippen LogP contribution in [0.25, 0.3) is 11.1 Å². The van der Waals surface area contributed by atoms with E-state index in [4.69, 9.17) is 4.74 Å². The number of rotatable bonds is 4. The number of carbonyl (C=O) groups excluding carboxylic acids is 3. The van der Waals surface area contributed by atoms with Crippen molar-refractivity contribution in [2.45, 2.75) is 25.9 Å². The number of Topliss-reactive ketones (excluding diaryl/α,β-unsaturated/α-hetero) is 1. The molecule has 0 aromatic heterocycles. The molecule has 37 heavy (non-hydrogen) atoms. The summed E-state index contributed by atoms with van der Waals surface area (Å²) in [6.45, 7) is 1.26. The number of ketones is 3. The van der Waals surface area contributed by atoms with Gasteiger partial charge in [-0.1, -0.05) is 18.2 Å². The topological polar surface area (TPSA) is 179 Å². The van der Waals surface area contributed by atoms with Gasteiger partial charge in [0.15, 0.2) is 5.78 Å². The molecule has 10 heteroatoms. The van der Waals surface area contributed by atoms with E-state index in [9.17, 15) is 44.7 Å². The lowest BCUT2D eigenvalue weighted by molar-refractivity contribution is -0.116. The summed E-state index contributed by atoms with van der Waals surface area (Å²) in [5, 5.41) is 53.7. The number of carbonyl (C=O) groups is 4. The van der Waals surface area contributed by atoms with E-state index in [1.165, 1.54) is 38.3 Å². The van der Waals surface area contributed by atoms with Crippen molar-refractivity contribution in [3.8, 4) is 34.1 Å². The summed E-state index contributed by atoms with van der Waals surface area (Å²) in [6.07, 6.45) is -1.88. The predicted molar refractivity (Wildman–Crippen MR) is 127 cm³/mol. The maximum atomic E-state index is 13.5. The number of aromatic carboxylic acids is 1. The highest BCUT2D eigenvalue weighted by Gasteiger charge is 2.43.